The summed E-state index contributed by atoms with van der Waals surface area (Å²) in [5.74, 6) is -0.0758. The predicted molar refractivity (Wildman–Crippen MR) is 135 cm³/mol. The fourth-order valence-electron chi connectivity index (χ4n) is 3.92. The van der Waals surface area contributed by atoms with Crippen LogP contribution in [0.5, 0.6) is 0 Å². The van der Waals surface area contributed by atoms with Crippen LogP contribution in [0, 0.1) is 0 Å². The lowest BCUT2D eigenvalue weighted by atomic mass is 9.86. The van der Waals surface area contributed by atoms with Crippen molar-refractivity contribution >= 4 is 29.1 Å². The molecule has 0 saturated heterocycles. The lowest BCUT2D eigenvalue weighted by Gasteiger charge is -2.27. The van der Waals surface area contributed by atoms with Gasteiger partial charge in [0.05, 0.1) is 0 Å². The first kappa shape index (κ1) is 24.4. The number of rotatable bonds is 8. The molecule has 0 radical (unpaired) electrons. The molecule has 0 aliphatic rings. The third-order valence-corrected chi connectivity index (χ3v) is 6.16. The van der Waals surface area contributed by atoms with E-state index >= 15 is 0 Å². The Hall–Kier alpha value is -2.29. The van der Waals surface area contributed by atoms with Gasteiger partial charge in [-0.3, -0.25) is 4.79 Å². The molecule has 0 N–H and O–H groups in total. The first-order valence-corrected chi connectivity index (χ1v) is 11.9. The highest BCUT2D eigenvalue weighted by molar-refractivity contribution is 6.53. The fraction of sp³-hybridized carbons (Fsp3) is 0.321. The van der Waals surface area contributed by atoms with Crippen LogP contribution in [-0.2, 0) is 16.8 Å². The number of nitrogens with zero attached hydrogens (tertiary/aromatic N) is 1. The molecule has 32 heavy (non-hydrogen) atoms. The second kappa shape index (κ2) is 11.0. The normalized spacial score (nSPS) is 11.7. The average Bonchev–Trinajstić information content (AvgIpc) is 2.79. The molecule has 4 heteroatoms. The van der Waals surface area contributed by atoms with Gasteiger partial charge in [-0.15, -0.1) is 0 Å². The van der Waals surface area contributed by atoms with E-state index in [1.165, 1.54) is 16.7 Å². The van der Waals surface area contributed by atoms with Crippen LogP contribution < -0.4 is 0 Å². The number of amides is 1. The van der Waals surface area contributed by atoms with E-state index in [4.69, 9.17) is 23.2 Å². The van der Waals surface area contributed by atoms with Crippen LogP contribution in [0.3, 0.4) is 0 Å². The number of carbonyl (C=O) groups excluding carboxylic acids is 1. The zero-order valence-corrected chi connectivity index (χ0v) is 20.5. The predicted octanol–water partition coefficient (Wildman–Crippen LogP) is 7.34. The van der Waals surface area contributed by atoms with Gasteiger partial charge in [-0.05, 0) is 34.1 Å². The molecule has 3 aromatic carbocycles. The first-order valence-electron chi connectivity index (χ1n) is 11.0. The lowest BCUT2D eigenvalue weighted by molar-refractivity contribution is -0.130. The molecule has 0 aromatic heterocycles. The Morgan fingerprint density at radius 1 is 0.812 bits per heavy atom. The molecule has 0 aliphatic heterocycles. The van der Waals surface area contributed by atoms with E-state index in [0.717, 1.165) is 12.0 Å². The molecular formula is C28H31Cl2NO. The number of alkyl halides is 2. The molecule has 2 nitrogen and oxygen atoms in total. The summed E-state index contributed by atoms with van der Waals surface area (Å²) in [5, 5.41) is 0. The average molecular weight is 468 g/mol. The topological polar surface area (TPSA) is 20.3 Å². The SMILES string of the molecule is CC(C)(C)c1ccc(CN(CCC(c2ccccc2)c2ccccc2)C(=O)C(Cl)Cl)cc1. The van der Waals surface area contributed by atoms with Gasteiger partial charge in [0.1, 0.15) is 0 Å². The Bertz CT molecular complexity index is 940. The summed E-state index contributed by atoms with van der Waals surface area (Å²) in [6, 6.07) is 29.3. The summed E-state index contributed by atoms with van der Waals surface area (Å²) >= 11 is 12.0. The van der Waals surface area contributed by atoms with Crippen molar-refractivity contribution in [1.29, 1.82) is 0 Å². The smallest absolute Gasteiger partial charge is 0.256 e. The van der Waals surface area contributed by atoms with Crippen molar-refractivity contribution in [2.45, 2.75) is 49.9 Å². The van der Waals surface area contributed by atoms with Gasteiger partial charge < -0.3 is 4.90 Å². The van der Waals surface area contributed by atoms with Crippen LogP contribution in [0.15, 0.2) is 84.9 Å². The standard InChI is InChI=1S/C28H31Cl2NO/c1-28(2,3)24-16-14-21(15-17-24)20-31(27(32)26(29)30)19-18-25(22-10-6-4-7-11-22)23-12-8-5-9-13-23/h4-17,25-26H,18-20H2,1-3H3. The van der Waals surface area contributed by atoms with Gasteiger partial charge in [-0.2, -0.15) is 0 Å². The van der Waals surface area contributed by atoms with E-state index in [2.05, 4.69) is 93.6 Å². The third kappa shape index (κ3) is 6.60. The zero-order chi connectivity index (χ0) is 23.1. The summed E-state index contributed by atoms with van der Waals surface area (Å²) in [6.07, 6.45) is 0.778. The summed E-state index contributed by atoms with van der Waals surface area (Å²) < 4.78 is 0. The maximum absolute atomic E-state index is 12.8. The van der Waals surface area contributed by atoms with Gasteiger partial charge in [-0.25, -0.2) is 0 Å². The van der Waals surface area contributed by atoms with Crippen LogP contribution >= 0.6 is 23.2 Å². The maximum Gasteiger partial charge on any atom is 0.256 e. The zero-order valence-electron chi connectivity index (χ0n) is 19.0. The molecule has 3 rings (SSSR count). The number of hydrogen-bond donors (Lipinski definition) is 0. The highest BCUT2D eigenvalue weighted by Crippen LogP contribution is 2.29. The Morgan fingerprint density at radius 2 is 1.31 bits per heavy atom. The van der Waals surface area contributed by atoms with Crippen molar-refractivity contribution < 1.29 is 4.79 Å². The van der Waals surface area contributed by atoms with E-state index in [1.807, 2.05) is 12.1 Å². The first-order chi connectivity index (χ1) is 15.3. The van der Waals surface area contributed by atoms with Crippen molar-refractivity contribution in [3.63, 3.8) is 0 Å². The van der Waals surface area contributed by atoms with Gasteiger partial charge >= 0.3 is 0 Å². The minimum absolute atomic E-state index is 0.0873. The van der Waals surface area contributed by atoms with Crippen molar-refractivity contribution in [3.05, 3.63) is 107 Å². The molecule has 0 fully saturated rings. The monoisotopic (exact) mass is 467 g/mol. The molecule has 168 valence electrons. The van der Waals surface area contributed by atoms with Crippen LogP contribution in [-0.4, -0.2) is 22.2 Å². The molecule has 0 atom stereocenters. The lowest BCUT2D eigenvalue weighted by Crippen LogP contribution is -2.36. The number of hydrogen-bond acceptors (Lipinski definition) is 1. The minimum atomic E-state index is -1.07. The molecule has 0 spiro atoms. The Balaban J connectivity index is 1.80. The summed E-state index contributed by atoms with van der Waals surface area (Å²) in [5.41, 5.74) is 4.88. The van der Waals surface area contributed by atoms with Gasteiger partial charge in [0, 0.05) is 19.0 Å². The molecule has 0 saturated carbocycles. The molecule has 0 heterocycles. The second-order valence-corrected chi connectivity index (χ2v) is 10.3. The van der Waals surface area contributed by atoms with E-state index in [9.17, 15) is 4.79 Å². The van der Waals surface area contributed by atoms with Crippen LogP contribution in [0.4, 0.5) is 0 Å². The maximum atomic E-state index is 12.8. The summed E-state index contributed by atoms with van der Waals surface area (Å²) in [7, 11) is 0. The summed E-state index contributed by atoms with van der Waals surface area (Å²) in [6.45, 7) is 7.62. The third-order valence-electron chi connectivity index (χ3n) is 5.78. The molecule has 0 bridgehead atoms. The van der Waals surface area contributed by atoms with Crippen molar-refractivity contribution in [1.82, 2.24) is 4.90 Å². The number of halogens is 2. The molecule has 3 aromatic rings. The number of benzene rings is 3. The van der Waals surface area contributed by atoms with Gasteiger partial charge in [0.15, 0.2) is 4.84 Å². The minimum Gasteiger partial charge on any atom is -0.336 e. The second-order valence-electron chi connectivity index (χ2n) is 9.17. The highest BCUT2D eigenvalue weighted by Gasteiger charge is 2.23. The number of carbonyl (C=O) groups is 1. The van der Waals surface area contributed by atoms with Crippen molar-refractivity contribution in [2.75, 3.05) is 6.54 Å². The molecule has 1 amide bonds. The Kier molecular flexibility index (Phi) is 8.39. The summed E-state index contributed by atoms with van der Waals surface area (Å²) in [4.78, 5) is 13.5. The van der Waals surface area contributed by atoms with Gasteiger partial charge in [-0.1, -0.05) is 129 Å². The van der Waals surface area contributed by atoms with E-state index in [1.54, 1.807) is 4.90 Å². The van der Waals surface area contributed by atoms with Crippen LogP contribution in [0.25, 0.3) is 0 Å². The van der Waals surface area contributed by atoms with Gasteiger partial charge in [0.25, 0.3) is 5.91 Å². The molecule has 0 aliphatic carbocycles. The van der Waals surface area contributed by atoms with E-state index in [-0.39, 0.29) is 17.2 Å². The largest absolute Gasteiger partial charge is 0.336 e. The van der Waals surface area contributed by atoms with Crippen molar-refractivity contribution in [2.24, 2.45) is 0 Å². The molecule has 0 unspecified atom stereocenters. The van der Waals surface area contributed by atoms with Crippen LogP contribution in [0.1, 0.15) is 55.4 Å². The van der Waals surface area contributed by atoms with E-state index in [0.29, 0.717) is 13.1 Å². The van der Waals surface area contributed by atoms with Crippen LogP contribution in [0.2, 0.25) is 0 Å². The fourth-order valence-corrected chi connectivity index (χ4v) is 4.19. The Morgan fingerprint density at radius 3 is 1.75 bits per heavy atom. The highest BCUT2D eigenvalue weighted by atomic mass is 35.5. The van der Waals surface area contributed by atoms with Gasteiger partial charge in [0.2, 0.25) is 0 Å². The Labute approximate surface area is 202 Å². The molecular weight excluding hydrogens is 437 g/mol. The van der Waals surface area contributed by atoms with E-state index < -0.39 is 4.84 Å². The quantitative estimate of drug-likeness (QED) is 0.317. The van der Waals surface area contributed by atoms with Crippen molar-refractivity contribution in [3.8, 4) is 0 Å².